The number of halogens is 3. The number of nitrogens with zero attached hydrogens (tertiary/aromatic N) is 1. The van der Waals surface area contributed by atoms with E-state index in [2.05, 4.69) is 8.92 Å². The predicted molar refractivity (Wildman–Crippen MR) is 75.1 cm³/mol. The van der Waals surface area contributed by atoms with Crippen molar-refractivity contribution in [1.82, 2.24) is 4.57 Å². The van der Waals surface area contributed by atoms with Gasteiger partial charge in [0.1, 0.15) is 0 Å². The van der Waals surface area contributed by atoms with Crippen molar-refractivity contribution in [3.8, 4) is 5.75 Å². The third kappa shape index (κ3) is 3.12. The Bertz CT molecular complexity index is 854. The molecular formula is C13H14F3NO6S. The Kier molecular flexibility index (Phi) is 4.20. The molecule has 0 fully saturated rings. The van der Waals surface area contributed by atoms with E-state index in [1.807, 2.05) is 0 Å². The van der Waals surface area contributed by atoms with E-state index >= 15 is 0 Å². The molecule has 0 saturated carbocycles. The van der Waals surface area contributed by atoms with Crippen LogP contribution in [0, 0.1) is 5.41 Å². The average molecular weight is 369 g/mol. The Morgan fingerprint density at radius 1 is 1.33 bits per heavy atom. The van der Waals surface area contributed by atoms with Crippen LogP contribution in [-0.4, -0.2) is 31.6 Å². The molecule has 1 aromatic rings. The number of hydrogen-bond acceptors (Lipinski definition) is 6. The Balaban J connectivity index is 2.65. The molecule has 0 amide bonds. The molecule has 24 heavy (non-hydrogen) atoms. The van der Waals surface area contributed by atoms with Gasteiger partial charge in [-0.1, -0.05) is 13.8 Å². The molecule has 0 saturated heterocycles. The Labute approximate surface area is 135 Å². The molecule has 7 nitrogen and oxygen atoms in total. The fourth-order valence-corrected chi connectivity index (χ4v) is 2.93. The number of pyridine rings is 1. The molecule has 134 valence electrons. The molecule has 11 heteroatoms. The van der Waals surface area contributed by atoms with Gasteiger partial charge in [-0.25, -0.2) is 4.79 Å². The van der Waals surface area contributed by atoms with Gasteiger partial charge in [0, 0.05) is 18.3 Å². The molecular weight excluding hydrogens is 355 g/mol. The molecule has 1 aromatic heterocycles. The summed E-state index contributed by atoms with van der Waals surface area (Å²) in [6.45, 7) is 3.66. The van der Waals surface area contributed by atoms with Gasteiger partial charge in [0.15, 0.2) is 0 Å². The quantitative estimate of drug-likeness (QED) is 0.455. The number of carbonyl (C=O) groups is 1. The highest BCUT2D eigenvalue weighted by Crippen LogP contribution is 2.34. The maximum Gasteiger partial charge on any atom is 0.534 e. The standard InChI is InChI=1S/C13H14F3NO6S/c1-12(2)5-8-7(11(19)22-3)4-9(10(18)17(8)6-12)23-24(20,21)13(14,15)16/h4H,5-6H2,1-3H3. The second-order valence-electron chi connectivity index (χ2n) is 6.08. The normalized spacial score (nSPS) is 16.6. The van der Waals surface area contributed by atoms with Crippen molar-refractivity contribution in [2.45, 2.75) is 32.3 Å². The molecule has 0 unspecified atom stereocenters. The van der Waals surface area contributed by atoms with Crippen LogP contribution in [0.3, 0.4) is 0 Å². The number of esters is 1. The van der Waals surface area contributed by atoms with Gasteiger partial charge in [0.2, 0.25) is 5.75 Å². The van der Waals surface area contributed by atoms with Crippen LogP contribution in [0.5, 0.6) is 5.75 Å². The first-order chi connectivity index (χ1) is 10.8. The summed E-state index contributed by atoms with van der Waals surface area (Å²) in [6, 6.07) is 0.671. The summed E-state index contributed by atoms with van der Waals surface area (Å²) in [5, 5.41) is 0. The zero-order chi connectivity index (χ0) is 18.5. The van der Waals surface area contributed by atoms with Crippen molar-refractivity contribution in [2.75, 3.05) is 7.11 Å². The van der Waals surface area contributed by atoms with Crippen molar-refractivity contribution in [1.29, 1.82) is 0 Å². The molecule has 0 aliphatic carbocycles. The lowest BCUT2D eigenvalue weighted by Gasteiger charge is -2.14. The molecule has 2 heterocycles. The SMILES string of the molecule is COC(=O)c1cc(OS(=O)(=O)C(F)(F)F)c(=O)n2c1CC(C)(C)C2. The van der Waals surface area contributed by atoms with Crippen LogP contribution in [0.25, 0.3) is 0 Å². The number of alkyl halides is 3. The zero-order valence-corrected chi connectivity index (χ0v) is 13.7. The highest BCUT2D eigenvalue weighted by Gasteiger charge is 2.49. The third-order valence-corrected chi connectivity index (χ3v) is 4.45. The van der Waals surface area contributed by atoms with Crippen LogP contribution in [0.1, 0.15) is 29.9 Å². The second-order valence-corrected chi connectivity index (χ2v) is 7.61. The van der Waals surface area contributed by atoms with Crippen molar-refractivity contribution in [2.24, 2.45) is 5.41 Å². The van der Waals surface area contributed by atoms with E-state index in [-0.39, 0.29) is 17.8 Å². The smallest absolute Gasteiger partial charge is 0.465 e. The first kappa shape index (κ1) is 18.3. The van der Waals surface area contributed by atoms with Crippen LogP contribution >= 0.6 is 0 Å². The van der Waals surface area contributed by atoms with Gasteiger partial charge < -0.3 is 13.5 Å². The maximum absolute atomic E-state index is 12.5. The molecule has 1 aliphatic heterocycles. The summed E-state index contributed by atoms with van der Waals surface area (Å²) in [5.74, 6) is -2.01. The van der Waals surface area contributed by atoms with E-state index in [0.717, 1.165) is 11.7 Å². The van der Waals surface area contributed by atoms with Crippen molar-refractivity contribution in [3.63, 3.8) is 0 Å². The minimum absolute atomic E-state index is 0.0917. The van der Waals surface area contributed by atoms with Crippen LogP contribution in [0.15, 0.2) is 10.9 Å². The number of ether oxygens (including phenoxy) is 1. The number of fused-ring (bicyclic) bond motifs is 1. The van der Waals surface area contributed by atoms with E-state index in [1.54, 1.807) is 13.8 Å². The summed E-state index contributed by atoms with van der Waals surface area (Å²) in [5.41, 5.74) is -7.16. The van der Waals surface area contributed by atoms with E-state index in [9.17, 15) is 31.2 Å². The lowest BCUT2D eigenvalue weighted by Crippen LogP contribution is -2.32. The van der Waals surface area contributed by atoms with Gasteiger partial charge in [0.25, 0.3) is 5.56 Å². The number of methoxy groups -OCH3 is 1. The van der Waals surface area contributed by atoms with Crippen LogP contribution < -0.4 is 9.74 Å². The van der Waals surface area contributed by atoms with Crippen molar-refractivity contribution < 1.29 is 35.3 Å². The number of aromatic nitrogens is 1. The molecule has 0 bridgehead atoms. The highest BCUT2D eigenvalue weighted by molar-refractivity contribution is 7.87. The summed E-state index contributed by atoms with van der Waals surface area (Å²) in [7, 11) is -4.98. The van der Waals surface area contributed by atoms with Crippen molar-refractivity contribution >= 4 is 16.1 Å². The molecule has 2 rings (SSSR count). The first-order valence-corrected chi connectivity index (χ1v) is 8.06. The summed E-state index contributed by atoms with van der Waals surface area (Å²) >= 11 is 0. The fourth-order valence-electron chi connectivity index (χ4n) is 2.48. The topological polar surface area (TPSA) is 91.7 Å². The highest BCUT2D eigenvalue weighted by atomic mass is 32.2. The molecule has 0 N–H and O–H groups in total. The number of carbonyl (C=O) groups excluding carboxylic acids is 1. The minimum Gasteiger partial charge on any atom is -0.465 e. The predicted octanol–water partition coefficient (Wildman–Crippen LogP) is 1.45. The Morgan fingerprint density at radius 2 is 1.92 bits per heavy atom. The minimum atomic E-state index is -6.03. The number of rotatable bonds is 3. The van der Waals surface area contributed by atoms with Gasteiger partial charge in [-0.15, -0.1) is 0 Å². The summed E-state index contributed by atoms with van der Waals surface area (Å²) in [6.07, 6.45) is 0.291. The maximum atomic E-state index is 12.5. The van der Waals surface area contributed by atoms with Crippen LogP contribution in [-0.2, 0) is 27.8 Å². The fraction of sp³-hybridized carbons (Fsp3) is 0.538. The van der Waals surface area contributed by atoms with Crippen LogP contribution in [0.4, 0.5) is 13.2 Å². The third-order valence-electron chi connectivity index (χ3n) is 3.49. The van der Waals surface area contributed by atoms with Gasteiger partial charge in [0.05, 0.1) is 12.7 Å². The zero-order valence-electron chi connectivity index (χ0n) is 12.9. The summed E-state index contributed by atoms with van der Waals surface area (Å²) in [4.78, 5) is 24.1. The Morgan fingerprint density at radius 3 is 2.42 bits per heavy atom. The first-order valence-electron chi connectivity index (χ1n) is 6.65. The van der Waals surface area contributed by atoms with E-state index in [1.165, 1.54) is 0 Å². The Hall–Kier alpha value is -2.04. The van der Waals surface area contributed by atoms with E-state index in [0.29, 0.717) is 12.5 Å². The largest absolute Gasteiger partial charge is 0.534 e. The summed E-state index contributed by atoms with van der Waals surface area (Å²) < 4.78 is 69.2. The second kappa shape index (κ2) is 5.50. The molecule has 1 aliphatic rings. The lowest BCUT2D eigenvalue weighted by molar-refractivity contribution is -0.0500. The van der Waals surface area contributed by atoms with Crippen LogP contribution in [0.2, 0.25) is 0 Å². The molecule has 0 aromatic carbocycles. The van der Waals surface area contributed by atoms with Gasteiger partial charge in [-0.2, -0.15) is 21.6 Å². The molecule has 0 spiro atoms. The van der Waals surface area contributed by atoms with Crippen molar-refractivity contribution in [3.05, 3.63) is 27.7 Å². The van der Waals surface area contributed by atoms with Gasteiger partial charge in [-0.3, -0.25) is 4.79 Å². The average Bonchev–Trinajstić information content (AvgIpc) is 2.75. The van der Waals surface area contributed by atoms with Gasteiger partial charge in [-0.05, 0) is 11.8 Å². The van der Waals surface area contributed by atoms with E-state index < -0.39 is 38.3 Å². The number of hydrogen-bond donors (Lipinski definition) is 0. The van der Waals surface area contributed by atoms with Gasteiger partial charge >= 0.3 is 21.6 Å². The lowest BCUT2D eigenvalue weighted by atomic mass is 9.90. The van der Waals surface area contributed by atoms with E-state index in [4.69, 9.17) is 0 Å². The molecule has 0 radical (unpaired) electrons. The molecule has 0 atom stereocenters. The monoisotopic (exact) mass is 369 g/mol.